The Kier molecular flexibility index (Phi) is 5.76. The number of halogens is 2. The Bertz CT molecular complexity index is 1050. The Morgan fingerprint density at radius 1 is 1.37 bits per heavy atom. The largest absolute Gasteiger partial charge is 0.345 e. The minimum Gasteiger partial charge on any atom is -0.345 e. The van der Waals surface area contributed by atoms with E-state index in [1.165, 1.54) is 6.20 Å². The van der Waals surface area contributed by atoms with Crippen LogP contribution in [0.1, 0.15) is 30.8 Å². The van der Waals surface area contributed by atoms with E-state index >= 15 is 0 Å². The molecule has 3 heterocycles. The first-order chi connectivity index (χ1) is 14.4. The molecule has 0 radical (unpaired) electrons. The summed E-state index contributed by atoms with van der Waals surface area (Å²) in [5, 5.41) is 10.3. The van der Waals surface area contributed by atoms with Gasteiger partial charge in [0.15, 0.2) is 5.69 Å². The summed E-state index contributed by atoms with van der Waals surface area (Å²) in [7, 11) is 0. The molecule has 8 heteroatoms. The van der Waals surface area contributed by atoms with Gasteiger partial charge in [-0.3, -0.25) is 9.89 Å². The maximum Gasteiger partial charge on any atom is 0.272 e. The normalized spacial score (nSPS) is 20.0. The lowest BCUT2D eigenvalue weighted by Crippen LogP contribution is -2.53. The molecule has 1 saturated heterocycles. The minimum atomic E-state index is -1.13. The average Bonchev–Trinajstić information content (AvgIpc) is 3.13. The number of hydrogen-bond donors (Lipinski definition) is 2. The van der Waals surface area contributed by atoms with E-state index < -0.39 is 24.1 Å². The zero-order chi connectivity index (χ0) is 21.3. The SMILES string of the molecule is CC(C)CN1CC[C@H](NC(=O)c2n[nH]c3ccc(-c4cccnc4F)cc23)[C@H](F)C1. The van der Waals surface area contributed by atoms with Gasteiger partial charge in [-0.2, -0.15) is 9.49 Å². The van der Waals surface area contributed by atoms with Crippen molar-refractivity contribution in [2.75, 3.05) is 19.6 Å². The molecule has 158 valence electrons. The fourth-order valence-corrected chi connectivity index (χ4v) is 4.01. The third kappa shape index (κ3) is 4.18. The molecule has 0 aliphatic carbocycles. The van der Waals surface area contributed by atoms with Gasteiger partial charge in [0.2, 0.25) is 5.95 Å². The van der Waals surface area contributed by atoms with Crippen molar-refractivity contribution >= 4 is 16.8 Å². The number of amides is 1. The highest BCUT2D eigenvalue weighted by Gasteiger charge is 2.31. The number of likely N-dealkylation sites (tertiary alicyclic amines) is 1. The van der Waals surface area contributed by atoms with E-state index in [1.807, 2.05) is 0 Å². The van der Waals surface area contributed by atoms with Crippen LogP contribution in [-0.4, -0.2) is 57.8 Å². The number of fused-ring (bicyclic) bond motifs is 1. The summed E-state index contributed by atoms with van der Waals surface area (Å²) in [4.78, 5) is 18.6. The van der Waals surface area contributed by atoms with Crippen LogP contribution >= 0.6 is 0 Å². The molecule has 3 aromatic rings. The quantitative estimate of drug-likeness (QED) is 0.628. The minimum absolute atomic E-state index is 0.174. The molecule has 4 rings (SSSR count). The van der Waals surface area contributed by atoms with E-state index in [4.69, 9.17) is 0 Å². The number of hydrogen-bond acceptors (Lipinski definition) is 4. The summed E-state index contributed by atoms with van der Waals surface area (Å²) in [5.41, 5.74) is 1.76. The fourth-order valence-electron chi connectivity index (χ4n) is 4.01. The number of rotatable bonds is 5. The summed E-state index contributed by atoms with van der Waals surface area (Å²) in [6.45, 7) is 6.12. The van der Waals surface area contributed by atoms with Gasteiger partial charge in [-0.1, -0.05) is 19.9 Å². The van der Waals surface area contributed by atoms with Crippen molar-refractivity contribution in [1.29, 1.82) is 0 Å². The second-order valence-electron chi connectivity index (χ2n) is 8.21. The van der Waals surface area contributed by atoms with Crippen LogP contribution in [0.3, 0.4) is 0 Å². The highest BCUT2D eigenvalue weighted by Crippen LogP contribution is 2.27. The van der Waals surface area contributed by atoms with Gasteiger partial charge in [0, 0.05) is 36.8 Å². The third-order valence-electron chi connectivity index (χ3n) is 5.41. The fraction of sp³-hybridized carbons (Fsp3) is 0.409. The topological polar surface area (TPSA) is 73.9 Å². The second kappa shape index (κ2) is 8.47. The van der Waals surface area contributed by atoms with Crippen LogP contribution < -0.4 is 5.32 Å². The Morgan fingerprint density at radius 2 is 2.20 bits per heavy atom. The van der Waals surface area contributed by atoms with E-state index in [9.17, 15) is 13.6 Å². The van der Waals surface area contributed by atoms with Crippen LogP contribution in [0.5, 0.6) is 0 Å². The van der Waals surface area contributed by atoms with E-state index in [0.717, 1.165) is 13.1 Å². The van der Waals surface area contributed by atoms with Crippen LogP contribution in [0.15, 0.2) is 36.5 Å². The first kappa shape index (κ1) is 20.4. The lowest BCUT2D eigenvalue weighted by Gasteiger charge is -2.35. The number of aromatic amines is 1. The molecular weight excluding hydrogens is 388 g/mol. The van der Waals surface area contributed by atoms with Crippen molar-refractivity contribution in [2.45, 2.75) is 32.5 Å². The zero-order valence-electron chi connectivity index (χ0n) is 17.0. The Balaban J connectivity index is 1.53. The smallest absolute Gasteiger partial charge is 0.272 e. The average molecular weight is 413 g/mol. The van der Waals surface area contributed by atoms with Gasteiger partial charge in [-0.05, 0) is 42.2 Å². The summed E-state index contributed by atoms with van der Waals surface area (Å²) in [6.07, 6.45) is 0.800. The van der Waals surface area contributed by atoms with Crippen LogP contribution in [-0.2, 0) is 0 Å². The van der Waals surface area contributed by atoms with Crippen molar-refractivity contribution in [3.05, 3.63) is 48.2 Å². The Hall–Kier alpha value is -2.87. The first-order valence-electron chi connectivity index (χ1n) is 10.2. The summed E-state index contributed by atoms with van der Waals surface area (Å²) in [6, 6.07) is 7.91. The zero-order valence-corrected chi connectivity index (χ0v) is 17.0. The van der Waals surface area contributed by atoms with Gasteiger partial charge < -0.3 is 10.2 Å². The summed E-state index contributed by atoms with van der Waals surface area (Å²) < 4.78 is 28.7. The van der Waals surface area contributed by atoms with Gasteiger partial charge in [0.25, 0.3) is 5.91 Å². The molecule has 30 heavy (non-hydrogen) atoms. The second-order valence-corrected chi connectivity index (χ2v) is 8.21. The highest BCUT2D eigenvalue weighted by molar-refractivity contribution is 6.05. The van der Waals surface area contributed by atoms with Crippen molar-refractivity contribution in [3.8, 4) is 11.1 Å². The van der Waals surface area contributed by atoms with Gasteiger partial charge in [0.05, 0.1) is 11.6 Å². The molecule has 2 N–H and O–H groups in total. The maximum atomic E-state index is 14.7. The molecule has 0 spiro atoms. The molecule has 1 aliphatic rings. The number of aromatic nitrogens is 3. The van der Waals surface area contributed by atoms with Crippen molar-refractivity contribution in [2.24, 2.45) is 5.92 Å². The number of alkyl halides is 1. The highest BCUT2D eigenvalue weighted by atomic mass is 19.1. The standard InChI is InChI=1S/C22H25F2N5O/c1-13(2)11-29-9-7-19(17(23)12-29)26-22(30)20-16-10-14(5-6-18(16)27-28-20)15-4-3-8-25-21(15)24/h3-6,8,10,13,17,19H,7,9,11-12H2,1-2H3,(H,26,30)(H,27,28)/t17-,19+/m1/s1. The molecule has 1 aliphatic heterocycles. The Labute approximate surface area is 173 Å². The van der Waals surface area contributed by atoms with E-state index in [1.54, 1.807) is 30.3 Å². The number of benzene rings is 1. The summed E-state index contributed by atoms with van der Waals surface area (Å²) in [5.74, 6) is -0.549. The van der Waals surface area contributed by atoms with Gasteiger partial charge in [-0.15, -0.1) is 0 Å². The van der Waals surface area contributed by atoms with Crippen molar-refractivity contribution in [3.63, 3.8) is 0 Å². The molecule has 6 nitrogen and oxygen atoms in total. The number of piperidine rings is 1. The predicted octanol–water partition coefficient (Wildman–Crippen LogP) is 3.56. The molecule has 0 unspecified atom stereocenters. The van der Waals surface area contributed by atoms with Gasteiger partial charge in [0.1, 0.15) is 6.17 Å². The molecule has 1 fully saturated rings. The maximum absolute atomic E-state index is 14.7. The van der Waals surface area contributed by atoms with Crippen molar-refractivity contribution < 1.29 is 13.6 Å². The van der Waals surface area contributed by atoms with E-state index in [-0.39, 0.29) is 5.69 Å². The number of H-pyrrole nitrogens is 1. The lowest BCUT2D eigenvalue weighted by molar-refractivity contribution is 0.0748. The van der Waals surface area contributed by atoms with Crippen LogP contribution in [0.25, 0.3) is 22.0 Å². The number of nitrogens with one attached hydrogen (secondary N) is 2. The lowest BCUT2D eigenvalue weighted by atomic mass is 10.0. The predicted molar refractivity (Wildman–Crippen MR) is 111 cm³/mol. The van der Waals surface area contributed by atoms with Crippen LogP contribution in [0.2, 0.25) is 0 Å². The van der Waals surface area contributed by atoms with Gasteiger partial charge in [-0.25, -0.2) is 9.37 Å². The number of carbonyl (C=O) groups excluding carboxylic acids is 1. The molecular formula is C22H25F2N5O. The molecule has 1 amide bonds. The van der Waals surface area contributed by atoms with Crippen LogP contribution in [0.4, 0.5) is 8.78 Å². The first-order valence-corrected chi connectivity index (χ1v) is 10.2. The van der Waals surface area contributed by atoms with E-state index in [2.05, 4.69) is 39.2 Å². The Morgan fingerprint density at radius 3 is 2.93 bits per heavy atom. The van der Waals surface area contributed by atoms with E-state index in [0.29, 0.717) is 40.9 Å². The molecule has 0 bridgehead atoms. The number of pyridine rings is 1. The molecule has 2 atom stereocenters. The number of carbonyl (C=O) groups is 1. The number of nitrogens with zero attached hydrogens (tertiary/aromatic N) is 3. The monoisotopic (exact) mass is 413 g/mol. The molecule has 1 aromatic carbocycles. The summed E-state index contributed by atoms with van der Waals surface area (Å²) >= 11 is 0. The van der Waals surface area contributed by atoms with Crippen LogP contribution in [0, 0.1) is 11.9 Å². The molecule has 2 aromatic heterocycles. The van der Waals surface area contributed by atoms with Crippen molar-refractivity contribution in [1.82, 2.24) is 25.4 Å². The third-order valence-corrected chi connectivity index (χ3v) is 5.41. The van der Waals surface area contributed by atoms with Gasteiger partial charge >= 0.3 is 0 Å². The molecule has 0 saturated carbocycles.